The molecule has 0 bridgehead atoms. The van der Waals surface area contributed by atoms with Crippen molar-refractivity contribution in [2.45, 2.75) is 24.9 Å². The number of nitrogens with two attached hydrogens (primary N) is 2. The Morgan fingerprint density at radius 1 is 1.30 bits per heavy atom. The highest BCUT2D eigenvalue weighted by atomic mass is 19.1. The van der Waals surface area contributed by atoms with Crippen LogP contribution in [0.2, 0.25) is 0 Å². The quantitative estimate of drug-likeness (QED) is 0.554. The van der Waals surface area contributed by atoms with Crippen LogP contribution in [0.5, 0.6) is 0 Å². The van der Waals surface area contributed by atoms with Crippen molar-refractivity contribution < 1.29 is 18.7 Å². The summed E-state index contributed by atoms with van der Waals surface area (Å²) in [5, 5.41) is 8.85. The lowest BCUT2D eigenvalue weighted by atomic mass is 10.1. The Morgan fingerprint density at radius 2 is 1.96 bits per heavy atom. The van der Waals surface area contributed by atoms with Crippen LogP contribution in [0, 0.1) is 11.6 Å². The molecule has 1 atom stereocenters. The van der Waals surface area contributed by atoms with Crippen LogP contribution >= 0.6 is 0 Å². The number of benzene rings is 1. The molecule has 2 heterocycles. The smallest absolute Gasteiger partial charge is 0.341 e. The van der Waals surface area contributed by atoms with Crippen molar-refractivity contribution in [2.24, 2.45) is 5.73 Å². The van der Waals surface area contributed by atoms with E-state index in [0.717, 1.165) is 6.20 Å². The molecule has 27 heavy (non-hydrogen) atoms. The summed E-state index contributed by atoms with van der Waals surface area (Å²) in [6.45, 7) is 4.13. The van der Waals surface area contributed by atoms with Gasteiger partial charge in [-0.25, -0.2) is 13.6 Å². The highest BCUT2D eigenvalue weighted by Gasteiger charge is 2.34. The van der Waals surface area contributed by atoms with Crippen molar-refractivity contribution in [2.75, 3.05) is 23.7 Å². The molecule has 1 saturated carbocycles. The van der Waals surface area contributed by atoms with Crippen molar-refractivity contribution in [1.29, 1.82) is 0 Å². The van der Waals surface area contributed by atoms with Gasteiger partial charge in [0.15, 0.2) is 11.6 Å². The monoisotopic (exact) mass is 376 g/mol. The van der Waals surface area contributed by atoms with E-state index in [-0.39, 0.29) is 30.3 Å². The number of nitrogen functional groups attached to an aromatic ring is 1. The molecule has 2 aliphatic rings. The summed E-state index contributed by atoms with van der Waals surface area (Å²) in [7, 11) is 0. The maximum atomic E-state index is 15.5. The zero-order valence-corrected chi connectivity index (χ0v) is 14.3. The number of carbonyl (C=O) groups is 1. The molecule has 7 nitrogen and oxygen atoms in total. The SMILES string of the molecule is C=C1CN(c2c(F)c(N)c3c(=O)c(C(=O)O)cn(C4CC4)c3c2F)CC1N. The van der Waals surface area contributed by atoms with Crippen LogP contribution in [0.4, 0.5) is 20.2 Å². The molecule has 2 fully saturated rings. The largest absolute Gasteiger partial charge is 0.477 e. The van der Waals surface area contributed by atoms with Crippen molar-refractivity contribution in [3.05, 3.63) is 45.8 Å². The van der Waals surface area contributed by atoms with E-state index < -0.39 is 45.7 Å². The first-order valence-electron chi connectivity index (χ1n) is 8.49. The van der Waals surface area contributed by atoms with Gasteiger partial charge in [0.05, 0.1) is 16.6 Å². The van der Waals surface area contributed by atoms with Gasteiger partial charge in [-0.3, -0.25) is 4.79 Å². The van der Waals surface area contributed by atoms with Crippen molar-refractivity contribution in [3.8, 4) is 0 Å². The van der Waals surface area contributed by atoms with Gasteiger partial charge in [0.1, 0.15) is 11.3 Å². The van der Waals surface area contributed by atoms with Crippen molar-refractivity contribution in [3.63, 3.8) is 0 Å². The summed E-state index contributed by atoms with van der Waals surface area (Å²) in [5.41, 5.74) is 9.70. The van der Waals surface area contributed by atoms with Crippen LogP contribution in [-0.4, -0.2) is 34.8 Å². The first kappa shape index (κ1) is 17.5. The lowest BCUT2D eigenvalue weighted by Gasteiger charge is -2.23. The summed E-state index contributed by atoms with van der Waals surface area (Å²) in [4.78, 5) is 25.4. The number of nitrogens with zero attached hydrogens (tertiary/aromatic N) is 2. The van der Waals surface area contributed by atoms with Gasteiger partial charge in [-0.05, 0) is 18.4 Å². The van der Waals surface area contributed by atoms with E-state index in [1.165, 1.54) is 9.47 Å². The van der Waals surface area contributed by atoms with E-state index in [1.54, 1.807) is 0 Å². The van der Waals surface area contributed by atoms with E-state index in [0.29, 0.717) is 18.4 Å². The summed E-state index contributed by atoms with van der Waals surface area (Å²) in [5.74, 6) is -3.51. The fraction of sp³-hybridized carbons (Fsp3) is 0.333. The molecule has 1 unspecified atom stereocenters. The van der Waals surface area contributed by atoms with Crippen molar-refractivity contribution >= 4 is 28.2 Å². The molecule has 0 radical (unpaired) electrons. The Bertz CT molecular complexity index is 1070. The molecule has 1 aromatic carbocycles. The summed E-state index contributed by atoms with van der Waals surface area (Å²) in [6.07, 6.45) is 2.52. The van der Waals surface area contributed by atoms with Crippen molar-refractivity contribution in [1.82, 2.24) is 4.57 Å². The first-order chi connectivity index (χ1) is 12.7. The van der Waals surface area contributed by atoms with Crippen LogP contribution in [-0.2, 0) is 0 Å². The van der Waals surface area contributed by atoms with Gasteiger partial charge in [0, 0.05) is 31.4 Å². The third-order valence-electron chi connectivity index (χ3n) is 5.19. The molecule has 4 rings (SSSR count). The molecule has 1 saturated heterocycles. The van der Waals surface area contributed by atoms with Crippen LogP contribution < -0.4 is 21.8 Å². The van der Waals surface area contributed by atoms with E-state index in [1.807, 2.05) is 0 Å². The lowest BCUT2D eigenvalue weighted by Crippen LogP contribution is -2.29. The molecule has 0 spiro atoms. The molecule has 0 amide bonds. The predicted molar refractivity (Wildman–Crippen MR) is 97.1 cm³/mol. The number of anilines is 2. The third kappa shape index (κ3) is 2.49. The number of hydrogen-bond donors (Lipinski definition) is 3. The minimum absolute atomic E-state index is 0.158. The van der Waals surface area contributed by atoms with Crippen LogP contribution in [0.15, 0.2) is 23.1 Å². The number of carboxylic acids is 1. The van der Waals surface area contributed by atoms with E-state index in [4.69, 9.17) is 11.5 Å². The molecule has 2 aromatic rings. The Morgan fingerprint density at radius 3 is 2.48 bits per heavy atom. The van der Waals surface area contributed by atoms with Gasteiger partial charge < -0.3 is 26.0 Å². The van der Waals surface area contributed by atoms with Gasteiger partial charge >= 0.3 is 5.97 Å². The number of aromatic nitrogens is 1. The van der Waals surface area contributed by atoms with Crippen LogP contribution in [0.1, 0.15) is 29.2 Å². The summed E-state index contributed by atoms with van der Waals surface area (Å²) in [6, 6.07) is -0.588. The van der Waals surface area contributed by atoms with E-state index in [2.05, 4.69) is 6.58 Å². The first-order valence-corrected chi connectivity index (χ1v) is 8.49. The van der Waals surface area contributed by atoms with Gasteiger partial charge in [-0.1, -0.05) is 6.58 Å². The summed E-state index contributed by atoms with van der Waals surface area (Å²) >= 11 is 0. The van der Waals surface area contributed by atoms with E-state index >= 15 is 4.39 Å². The lowest BCUT2D eigenvalue weighted by molar-refractivity contribution is 0.0695. The molecule has 142 valence electrons. The van der Waals surface area contributed by atoms with Gasteiger partial charge in [-0.2, -0.15) is 0 Å². The summed E-state index contributed by atoms with van der Waals surface area (Å²) < 4.78 is 31.8. The second-order valence-corrected chi connectivity index (χ2v) is 7.07. The second kappa shape index (κ2) is 5.78. The Labute approximate surface area is 152 Å². The topological polar surface area (TPSA) is 115 Å². The standard InChI is InChI=1S/C18H18F2N4O3/c1-7-4-23(6-10(7)21)16-12(19)14(22)11-15(13(16)20)24(8-2-3-8)5-9(17(11)25)18(26)27/h5,8,10H,1-4,6,21-22H2,(H,26,27). The fourth-order valence-corrected chi connectivity index (χ4v) is 3.59. The zero-order valence-electron chi connectivity index (χ0n) is 14.3. The Balaban J connectivity index is 2.08. The number of pyridine rings is 1. The number of halogens is 2. The van der Waals surface area contributed by atoms with Crippen LogP contribution in [0.3, 0.4) is 0 Å². The maximum Gasteiger partial charge on any atom is 0.341 e. The average molecular weight is 376 g/mol. The molecule has 1 aliphatic carbocycles. The highest BCUT2D eigenvalue weighted by molar-refractivity contribution is 5.99. The normalized spacial score (nSPS) is 19.9. The molecule has 1 aliphatic heterocycles. The van der Waals surface area contributed by atoms with E-state index in [9.17, 15) is 19.1 Å². The Hall–Kier alpha value is -2.94. The molecule has 5 N–H and O–H groups in total. The Kier molecular flexibility index (Phi) is 3.74. The highest BCUT2D eigenvalue weighted by Crippen LogP contribution is 2.42. The minimum atomic E-state index is -1.47. The molecular formula is C18H18F2N4O3. The maximum absolute atomic E-state index is 15.5. The predicted octanol–water partition coefficient (Wildman–Crippen LogP) is 1.60. The molecular weight excluding hydrogens is 358 g/mol. The fourth-order valence-electron chi connectivity index (χ4n) is 3.59. The average Bonchev–Trinajstić information content (AvgIpc) is 3.38. The number of fused-ring (bicyclic) bond motifs is 1. The third-order valence-corrected chi connectivity index (χ3v) is 5.19. The number of carboxylic acid groups (broad SMARTS) is 1. The second-order valence-electron chi connectivity index (χ2n) is 7.07. The van der Waals surface area contributed by atoms with Gasteiger partial charge in [0.25, 0.3) is 0 Å². The van der Waals surface area contributed by atoms with Gasteiger partial charge in [-0.15, -0.1) is 0 Å². The van der Waals surface area contributed by atoms with Crippen LogP contribution in [0.25, 0.3) is 10.9 Å². The zero-order chi connectivity index (χ0) is 19.6. The minimum Gasteiger partial charge on any atom is -0.477 e. The number of hydrogen-bond acceptors (Lipinski definition) is 5. The number of rotatable bonds is 3. The molecule has 9 heteroatoms. The van der Waals surface area contributed by atoms with Gasteiger partial charge in [0.2, 0.25) is 5.43 Å². The number of aromatic carboxylic acids is 1. The molecule has 1 aromatic heterocycles.